The molecule has 2 aromatic rings. The number of halogens is 1. The normalized spacial score (nSPS) is 10.3. The van der Waals surface area contributed by atoms with E-state index in [2.05, 4.69) is 27.9 Å². The molecule has 0 fully saturated rings. The molecule has 19 heavy (non-hydrogen) atoms. The van der Waals surface area contributed by atoms with Gasteiger partial charge < -0.3 is 5.32 Å². The van der Waals surface area contributed by atoms with Crippen molar-refractivity contribution in [3.8, 4) is 0 Å². The van der Waals surface area contributed by atoms with Crippen molar-refractivity contribution in [2.24, 2.45) is 0 Å². The lowest BCUT2D eigenvalue weighted by Gasteiger charge is -2.06. The lowest BCUT2D eigenvalue weighted by atomic mass is 10.2. The zero-order valence-corrected chi connectivity index (χ0v) is 13.1. The summed E-state index contributed by atoms with van der Waals surface area (Å²) >= 11 is 2.22. The summed E-state index contributed by atoms with van der Waals surface area (Å²) in [6.07, 6.45) is 1.93. The zero-order valence-electron chi connectivity index (χ0n) is 11.0. The van der Waals surface area contributed by atoms with Crippen LogP contribution in [-0.2, 0) is 11.3 Å². The molecule has 0 saturated heterocycles. The molecule has 98 valence electrons. The van der Waals surface area contributed by atoms with Gasteiger partial charge in [0.25, 0.3) is 5.91 Å². The van der Waals surface area contributed by atoms with Crippen LogP contribution in [0.1, 0.15) is 11.3 Å². The number of hydrogen-bond donors (Lipinski definition) is 1. The SMILES string of the molecule is Cc1ccc[n+](CC(=O)Nc2ccccc2I)c1C. The van der Waals surface area contributed by atoms with E-state index in [1.807, 2.05) is 61.0 Å². The molecule has 4 heteroatoms. The van der Waals surface area contributed by atoms with Crippen molar-refractivity contribution in [1.29, 1.82) is 0 Å². The first-order valence-corrected chi connectivity index (χ1v) is 7.16. The fourth-order valence-corrected chi connectivity index (χ4v) is 2.35. The van der Waals surface area contributed by atoms with Crippen LogP contribution in [0.15, 0.2) is 42.6 Å². The van der Waals surface area contributed by atoms with Crippen LogP contribution in [0.3, 0.4) is 0 Å². The van der Waals surface area contributed by atoms with Crippen LogP contribution < -0.4 is 9.88 Å². The molecule has 1 amide bonds. The minimum Gasteiger partial charge on any atom is -0.320 e. The van der Waals surface area contributed by atoms with Gasteiger partial charge in [-0.05, 0) is 47.7 Å². The maximum atomic E-state index is 12.1. The average molecular weight is 367 g/mol. The minimum absolute atomic E-state index is 0.0113. The van der Waals surface area contributed by atoms with E-state index in [0.717, 1.165) is 15.0 Å². The number of rotatable bonds is 3. The predicted octanol–water partition coefficient (Wildman–Crippen LogP) is 2.83. The van der Waals surface area contributed by atoms with E-state index in [9.17, 15) is 4.79 Å². The Hall–Kier alpha value is -1.43. The van der Waals surface area contributed by atoms with Gasteiger partial charge in [0.15, 0.2) is 11.9 Å². The monoisotopic (exact) mass is 367 g/mol. The van der Waals surface area contributed by atoms with E-state index in [-0.39, 0.29) is 5.91 Å². The van der Waals surface area contributed by atoms with Gasteiger partial charge in [-0.25, -0.2) is 0 Å². The highest BCUT2D eigenvalue weighted by atomic mass is 127. The van der Waals surface area contributed by atoms with Gasteiger partial charge in [0, 0.05) is 22.1 Å². The number of carbonyl (C=O) groups is 1. The summed E-state index contributed by atoms with van der Waals surface area (Å²) in [5, 5.41) is 2.94. The smallest absolute Gasteiger partial charge is 0.290 e. The van der Waals surface area contributed by atoms with Gasteiger partial charge in [0.2, 0.25) is 6.54 Å². The average Bonchev–Trinajstić information content (AvgIpc) is 2.38. The Balaban J connectivity index is 2.10. The molecule has 0 aliphatic heterocycles. The number of nitrogens with zero attached hydrogens (tertiary/aromatic N) is 1. The van der Waals surface area contributed by atoms with E-state index in [1.54, 1.807) is 0 Å². The van der Waals surface area contributed by atoms with Crippen LogP contribution >= 0.6 is 22.6 Å². The van der Waals surface area contributed by atoms with Crippen molar-refractivity contribution in [3.05, 3.63) is 57.4 Å². The Bertz CT molecular complexity index is 611. The number of aryl methyl sites for hydroxylation is 1. The number of anilines is 1. The Morgan fingerprint density at radius 2 is 1.95 bits per heavy atom. The van der Waals surface area contributed by atoms with E-state index in [1.165, 1.54) is 5.56 Å². The molecule has 0 aliphatic carbocycles. The molecule has 0 atom stereocenters. The number of carbonyl (C=O) groups excluding carboxylic acids is 1. The number of pyridine rings is 1. The summed E-state index contributed by atoms with van der Waals surface area (Å²) in [5.41, 5.74) is 3.16. The van der Waals surface area contributed by atoms with Gasteiger partial charge in [0.05, 0.1) is 5.69 Å². The second-order valence-electron chi connectivity index (χ2n) is 4.43. The summed E-state index contributed by atoms with van der Waals surface area (Å²) in [6, 6.07) is 11.8. The molecule has 0 spiro atoms. The Kier molecular flexibility index (Phi) is 4.52. The van der Waals surface area contributed by atoms with E-state index < -0.39 is 0 Å². The first-order chi connectivity index (χ1) is 9.08. The first kappa shape index (κ1) is 14.0. The number of hydrogen-bond acceptors (Lipinski definition) is 1. The van der Waals surface area contributed by atoms with Gasteiger partial charge in [-0.3, -0.25) is 4.79 Å². The van der Waals surface area contributed by atoms with Crippen molar-refractivity contribution in [2.75, 3.05) is 5.32 Å². The molecule has 0 radical (unpaired) electrons. The van der Waals surface area contributed by atoms with Gasteiger partial charge in [-0.2, -0.15) is 4.57 Å². The quantitative estimate of drug-likeness (QED) is 0.657. The van der Waals surface area contributed by atoms with E-state index in [0.29, 0.717) is 6.54 Å². The standard InChI is InChI=1S/C15H15IN2O/c1-11-6-5-9-18(12(11)2)10-15(19)17-14-8-4-3-7-13(14)16/h3-9H,10H2,1-2H3/p+1. The molecule has 1 N–H and O–H groups in total. The predicted molar refractivity (Wildman–Crippen MR) is 83.9 cm³/mol. The molecule has 1 heterocycles. The highest BCUT2D eigenvalue weighted by Gasteiger charge is 2.14. The first-order valence-electron chi connectivity index (χ1n) is 6.08. The van der Waals surface area contributed by atoms with Gasteiger partial charge in [-0.15, -0.1) is 0 Å². The van der Waals surface area contributed by atoms with Gasteiger partial charge in [0.1, 0.15) is 0 Å². The molecule has 1 aromatic heterocycles. The number of aromatic nitrogens is 1. The molecule has 1 aromatic carbocycles. The highest BCUT2D eigenvalue weighted by Crippen LogP contribution is 2.16. The number of nitrogens with one attached hydrogen (secondary N) is 1. The number of benzene rings is 1. The van der Waals surface area contributed by atoms with Crippen LogP contribution in [0.25, 0.3) is 0 Å². The Morgan fingerprint density at radius 1 is 1.21 bits per heavy atom. The third kappa shape index (κ3) is 3.53. The maximum absolute atomic E-state index is 12.1. The van der Waals surface area contributed by atoms with Crippen LogP contribution in [0.4, 0.5) is 5.69 Å². The maximum Gasteiger partial charge on any atom is 0.290 e. The van der Waals surface area contributed by atoms with Gasteiger partial charge in [-0.1, -0.05) is 12.1 Å². The van der Waals surface area contributed by atoms with Crippen molar-refractivity contribution >= 4 is 34.2 Å². The third-order valence-corrected chi connectivity index (χ3v) is 4.02. The molecule has 3 nitrogen and oxygen atoms in total. The van der Waals surface area contributed by atoms with Crippen LogP contribution in [0.5, 0.6) is 0 Å². The highest BCUT2D eigenvalue weighted by molar-refractivity contribution is 14.1. The van der Waals surface area contributed by atoms with Crippen molar-refractivity contribution in [2.45, 2.75) is 20.4 Å². The van der Waals surface area contributed by atoms with Gasteiger partial charge >= 0.3 is 0 Å². The summed E-state index contributed by atoms with van der Waals surface area (Å²) < 4.78 is 3.00. The molecule has 0 saturated carbocycles. The molecule has 0 aliphatic rings. The minimum atomic E-state index is -0.0113. The largest absolute Gasteiger partial charge is 0.320 e. The topological polar surface area (TPSA) is 33.0 Å². The van der Waals surface area contributed by atoms with E-state index >= 15 is 0 Å². The van der Waals surface area contributed by atoms with Crippen molar-refractivity contribution in [3.63, 3.8) is 0 Å². The summed E-state index contributed by atoms with van der Waals surface area (Å²) in [6.45, 7) is 4.40. The molecular weight excluding hydrogens is 351 g/mol. The molecule has 0 bridgehead atoms. The van der Waals surface area contributed by atoms with Crippen molar-refractivity contribution in [1.82, 2.24) is 0 Å². The lowest BCUT2D eigenvalue weighted by Crippen LogP contribution is -2.43. The molecule has 2 rings (SSSR count). The third-order valence-electron chi connectivity index (χ3n) is 3.08. The molecule has 0 unspecified atom stereocenters. The Morgan fingerprint density at radius 3 is 2.68 bits per heavy atom. The summed E-state index contributed by atoms with van der Waals surface area (Å²) in [7, 11) is 0. The zero-order chi connectivity index (χ0) is 13.8. The fourth-order valence-electron chi connectivity index (χ4n) is 1.83. The number of amides is 1. The van der Waals surface area contributed by atoms with E-state index in [4.69, 9.17) is 0 Å². The second kappa shape index (κ2) is 6.14. The van der Waals surface area contributed by atoms with Crippen LogP contribution in [-0.4, -0.2) is 5.91 Å². The van der Waals surface area contributed by atoms with Crippen LogP contribution in [0, 0.1) is 17.4 Å². The lowest BCUT2D eigenvalue weighted by molar-refractivity contribution is -0.690. The second-order valence-corrected chi connectivity index (χ2v) is 5.59. The molecular formula is C15H16IN2O+. The summed E-state index contributed by atoms with van der Waals surface area (Å²) in [5.74, 6) is -0.0113. The Labute approximate surface area is 126 Å². The summed E-state index contributed by atoms with van der Waals surface area (Å²) in [4.78, 5) is 12.1. The van der Waals surface area contributed by atoms with Crippen LogP contribution in [0.2, 0.25) is 0 Å². The fraction of sp³-hybridized carbons (Fsp3) is 0.200. The number of para-hydroxylation sites is 1. The van der Waals surface area contributed by atoms with Crippen molar-refractivity contribution < 1.29 is 9.36 Å².